The number of hydrogen-bond acceptors (Lipinski definition) is 3. The van der Waals surface area contributed by atoms with Crippen molar-refractivity contribution in [3.63, 3.8) is 0 Å². The molecule has 0 spiro atoms. The van der Waals surface area contributed by atoms with Crippen LogP contribution in [0.1, 0.15) is 52.8 Å². The van der Waals surface area contributed by atoms with Crippen LogP contribution < -0.4 is 5.48 Å². The molecule has 0 aliphatic rings. The predicted octanol–water partition coefficient (Wildman–Crippen LogP) is 2.54. The molecule has 0 atom stereocenters. The van der Waals surface area contributed by atoms with Crippen LogP contribution in [0.5, 0.6) is 0 Å². The normalized spacial score (nSPS) is 13.1. The van der Waals surface area contributed by atoms with E-state index in [2.05, 4.69) is 31.3 Å². The van der Waals surface area contributed by atoms with Gasteiger partial charge in [-0.3, -0.25) is 9.52 Å². The van der Waals surface area contributed by atoms with Gasteiger partial charge in [-0.2, -0.15) is 10.6 Å². The molecule has 0 unspecified atom stereocenters. The molecule has 0 saturated heterocycles. The molecule has 17 heavy (non-hydrogen) atoms. The Labute approximate surface area is 104 Å². The van der Waals surface area contributed by atoms with Gasteiger partial charge in [0.25, 0.3) is 0 Å². The fraction of sp³-hybridized carbons (Fsp3) is 0.769. The van der Waals surface area contributed by atoms with Crippen molar-refractivity contribution in [3.05, 3.63) is 17.5 Å². The molecule has 0 saturated carbocycles. The van der Waals surface area contributed by atoms with Gasteiger partial charge in [0, 0.05) is 30.8 Å². The third kappa shape index (κ3) is 4.48. The molecule has 0 aliphatic carbocycles. The lowest BCUT2D eigenvalue weighted by molar-refractivity contribution is -0.0758. The molecule has 98 valence electrons. The van der Waals surface area contributed by atoms with Crippen molar-refractivity contribution in [2.45, 2.75) is 59.1 Å². The average Bonchev–Trinajstić information content (AvgIpc) is 2.43. The first kappa shape index (κ1) is 14.2. The van der Waals surface area contributed by atoms with E-state index < -0.39 is 0 Å². The molecule has 0 aliphatic heterocycles. The Hall–Kier alpha value is -0.870. The summed E-state index contributed by atoms with van der Waals surface area (Å²) in [5.41, 5.74) is 5.19. The summed E-state index contributed by atoms with van der Waals surface area (Å²) in [5.74, 6) is 0. The molecule has 1 heterocycles. The third-order valence-electron chi connectivity index (χ3n) is 2.26. The van der Waals surface area contributed by atoms with E-state index in [-0.39, 0.29) is 11.0 Å². The maximum absolute atomic E-state index is 5.52. The highest BCUT2D eigenvalue weighted by Gasteiger charge is 2.22. The molecule has 4 heteroatoms. The fourth-order valence-corrected chi connectivity index (χ4v) is 1.63. The monoisotopic (exact) mass is 239 g/mol. The Morgan fingerprint density at radius 3 is 2.29 bits per heavy atom. The quantitative estimate of drug-likeness (QED) is 0.824. The lowest BCUT2D eigenvalue weighted by Crippen LogP contribution is -2.29. The maximum atomic E-state index is 5.52. The summed E-state index contributed by atoms with van der Waals surface area (Å²) in [5, 5.41) is 4.52. The summed E-state index contributed by atoms with van der Waals surface area (Å²) in [6.45, 7) is 13.3. The summed E-state index contributed by atoms with van der Waals surface area (Å²) in [6.07, 6.45) is 2.04. The van der Waals surface area contributed by atoms with E-state index in [9.17, 15) is 0 Å². The lowest BCUT2D eigenvalue weighted by atomic mass is 9.90. The number of nitrogens with zero attached hydrogens (tertiary/aromatic N) is 2. The Bertz CT molecular complexity index is 369. The number of nitrogens with one attached hydrogen (secondary N) is 1. The number of hydrogen-bond donors (Lipinski definition) is 1. The molecule has 1 aromatic heterocycles. The van der Waals surface area contributed by atoms with Crippen LogP contribution in [0.25, 0.3) is 0 Å². The highest BCUT2D eigenvalue weighted by molar-refractivity contribution is 5.23. The molecule has 0 aromatic carbocycles. The lowest BCUT2D eigenvalue weighted by Gasteiger charge is -2.21. The minimum absolute atomic E-state index is 0.0556. The first-order chi connectivity index (χ1) is 7.59. The van der Waals surface area contributed by atoms with Crippen LogP contribution in [0.3, 0.4) is 0 Å². The van der Waals surface area contributed by atoms with E-state index in [1.54, 1.807) is 0 Å². The zero-order valence-electron chi connectivity index (χ0n) is 12.1. The standard InChI is InChI=1S/C13H25N3O/c1-12(2,3)11-10(9-16(7)15-11)8-14-17-13(4,5)6/h9,14H,8H2,1-7H3. The zero-order valence-corrected chi connectivity index (χ0v) is 12.1. The van der Waals surface area contributed by atoms with Gasteiger partial charge in [-0.25, -0.2) is 0 Å². The summed E-state index contributed by atoms with van der Waals surface area (Å²) >= 11 is 0. The van der Waals surface area contributed by atoms with Gasteiger partial charge in [-0.15, -0.1) is 0 Å². The van der Waals surface area contributed by atoms with Crippen LogP contribution in [-0.4, -0.2) is 15.4 Å². The Kier molecular flexibility index (Phi) is 3.99. The van der Waals surface area contributed by atoms with E-state index in [0.29, 0.717) is 6.54 Å². The highest BCUT2D eigenvalue weighted by Crippen LogP contribution is 2.24. The van der Waals surface area contributed by atoms with Gasteiger partial charge in [0.15, 0.2) is 0 Å². The van der Waals surface area contributed by atoms with Crippen molar-refractivity contribution in [2.75, 3.05) is 0 Å². The first-order valence-electron chi connectivity index (χ1n) is 6.03. The Balaban J connectivity index is 2.71. The molecule has 4 nitrogen and oxygen atoms in total. The molecular weight excluding hydrogens is 214 g/mol. The second-order valence-electron chi connectivity index (χ2n) is 6.46. The number of aryl methyl sites for hydroxylation is 1. The van der Waals surface area contributed by atoms with Gasteiger partial charge in [0.2, 0.25) is 0 Å². The summed E-state index contributed by atoms with van der Waals surface area (Å²) in [6, 6.07) is 0. The van der Waals surface area contributed by atoms with E-state index in [0.717, 1.165) is 5.69 Å². The van der Waals surface area contributed by atoms with Crippen molar-refractivity contribution in [1.82, 2.24) is 15.3 Å². The number of hydroxylamine groups is 1. The summed E-state index contributed by atoms with van der Waals surface area (Å²) in [7, 11) is 1.95. The van der Waals surface area contributed by atoms with Gasteiger partial charge >= 0.3 is 0 Å². The van der Waals surface area contributed by atoms with Gasteiger partial charge in [0.1, 0.15) is 0 Å². The predicted molar refractivity (Wildman–Crippen MR) is 69.6 cm³/mol. The van der Waals surface area contributed by atoms with E-state index in [4.69, 9.17) is 4.84 Å². The number of aromatic nitrogens is 2. The van der Waals surface area contributed by atoms with Crippen LogP contribution in [-0.2, 0) is 23.8 Å². The zero-order chi connectivity index (χ0) is 13.3. The van der Waals surface area contributed by atoms with Gasteiger partial charge in [-0.1, -0.05) is 20.8 Å². The smallest absolute Gasteiger partial charge is 0.0813 e. The first-order valence-corrected chi connectivity index (χ1v) is 6.03. The molecule has 0 radical (unpaired) electrons. The van der Waals surface area contributed by atoms with Crippen LogP contribution in [0, 0.1) is 0 Å². The van der Waals surface area contributed by atoms with Crippen LogP contribution in [0.2, 0.25) is 0 Å². The SMILES string of the molecule is Cn1cc(CNOC(C)(C)C)c(C(C)(C)C)n1. The van der Waals surface area contributed by atoms with Crippen LogP contribution in [0.4, 0.5) is 0 Å². The van der Waals surface area contributed by atoms with Gasteiger partial charge < -0.3 is 0 Å². The van der Waals surface area contributed by atoms with Crippen molar-refractivity contribution in [3.8, 4) is 0 Å². The van der Waals surface area contributed by atoms with Crippen LogP contribution in [0.15, 0.2) is 6.20 Å². The van der Waals surface area contributed by atoms with E-state index in [1.165, 1.54) is 5.56 Å². The van der Waals surface area contributed by atoms with Crippen molar-refractivity contribution in [1.29, 1.82) is 0 Å². The van der Waals surface area contributed by atoms with Crippen molar-refractivity contribution < 1.29 is 4.84 Å². The Morgan fingerprint density at radius 2 is 1.82 bits per heavy atom. The fourth-order valence-electron chi connectivity index (χ4n) is 1.63. The minimum atomic E-state index is -0.176. The minimum Gasteiger partial charge on any atom is -0.296 e. The molecule has 1 N–H and O–H groups in total. The van der Waals surface area contributed by atoms with Crippen molar-refractivity contribution in [2.24, 2.45) is 7.05 Å². The van der Waals surface area contributed by atoms with Gasteiger partial charge in [0.05, 0.1) is 11.3 Å². The molecular formula is C13H25N3O. The molecule has 0 amide bonds. The van der Waals surface area contributed by atoms with E-state index >= 15 is 0 Å². The van der Waals surface area contributed by atoms with Gasteiger partial charge in [-0.05, 0) is 20.8 Å². The summed E-state index contributed by atoms with van der Waals surface area (Å²) in [4.78, 5) is 5.52. The number of rotatable bonds is 3. The second kappa shape index (κ2) is 4.78. The Morgan fingerprint density at radius 1 is 1.24 bits per heavy atom. The molecule has 0 fully saturated rings. The average molecular weight is 239 g/mol. The molecule has 1 rings (SSSR count). The van der Waals surface area contributed by atoms with E-state index in [1.807, 2.05) is 38.7 Å². The summed E-state index contributed by atoms with van der Waals surface area (Å²) < 4.78 is 1.86. The highest BCUT2D eigenvalue weighted by atomic mass is 16.7. The second-order valence-corrected chi connectivity index (χ2v) is 6.46. The third-order valence-corrected chi connectivity index (χ3v) is 2.26. The van der Waals surface area contributed by atoms with Crippen LogP contribution >= 0.6 is 0 Å². The maximum Gasteiger partial charge on any atom is 0.0813 e. The largest absolute Gasteiger partial charge is 0.296 e. The topological polar surface area (TPSA) is 39.1 Å². The molecule has 1 aromatic rings. The molecule has 0 bridgehead atoms. The van der Waals surface area contributed by atoms with Crippen molar-refractivity contribution >= 4 is 0 Å².